The largest absolute Gasteiger partial charge is 0.479 e. The highest BCUT2D eigenvalue weighted by molar-refractivity contribution is 6.57. The second-order valence-corrected chi connectivity index (χ2v) is 7.53. The van der Waals surface area contributed by atoms with E-state index in [0.29, 0.717) is 0 Å². The predicted molar refractivity (Wildman–Crippen MR) is 83.9 cm³/mol. The molecule has 3 nitrogen and oxygen atoms in total. The summed E-state index contributed by atoms with van der Waals surface area (Å²) in [6, 6.07) is 9.31. The van der Waals surface area contributed by atoms with E-state index in [1.807, 2.05) is 58.0 Å². The Kier molecular flexibility index (Phi) is 4.18. The summed E-state index contributed by atoms with van der Waals surface area (Å²) in [7, 11) is -0.657. The number of nitrogens with two attached hydrogens (primary N) is 1. The smallest absolute Gasteiger partial charge is 0.402 e. The Morgan fingerprint density at radius 2 is 1.50 bits per heavy atom. The van der Waals surface area contributed by atoms with Crippen molar-refractivity contribution in [3.05, 3.63) is 35.9 Å². The van der Waals surface area contributed by atoms with E-state index in [4.69, 9.17) is 38.2 Å². The molecule has 1 aliphatic rings. The van der Waals surface area contributed by atoms with Gasteiger partial charge in [-0.05, 0) is 33.3 Å². The number of hydrogen-bond acceptors (Lipinski definition) is 3. The van der Waals surface area contributed by atoms with Crippen molar-refractivity contribution < 1.29 is 9.31 Å². The van der Waals surface area contributed by atoms with Crippen LogP contribution >= 0.6 is 23.2 Å². The molecule has 1 heterocycles. The van der Waals surface area contributed by atoms with Crippen molar-refractivity contribution in [1.29, 1.82) is 0 Å². The molecule has 1 aromatic rings. The number of rotatable bonds is 3. The molecular formula is C14H20BCl2NO2. The summed E-state index contributed by atoms with van der Waals surface area (Å²) in [5, 5.41) is 0. The predicted octanol–water partition coefficient (Wildman–Crippen LogP) is 3.28. The van der Waals surface area contributed by atoms with Crippen LogP contribution in [0.3, 0.4) is 0 Å². The van der Waals surface area contributed by atoms with Crippen LogP contribution in [0.15, 0.2) is 30.3 Å². The van der Waals surface area contributed by atoms with E-state index in [0.717, 1.165) is 5.56 Å². The van der Waals surface area contributed by atoms with Crippen LogP contribution in [0, 0.1) is 0 Å². The van der Waals surface area contributed by atoms with Crippen LogP contribution in [0.5, 0.6) is 0 Å². The van der Waals surface area contributed by atoms with Crippen LogP contribution in [0.2, 0.25) is 0 Å². The van der Waals surface area contributed by atoms with Crippen LogP contribution in [-0.2, 0) is 13.6 Å². The lowest BCUT2D eigenvalue weighted by Crippen LogP contribution is -2.51. The molecule has 0 bridgehead atoms. The summed E-state index contributed by atoms with van der Waals surface area (Å²) in [6.45, 7) is 7.86. The minimum Gasteiger partial charge on any atom is -0.402 e. The van der Waals surface area contributed by atoms with E-state index in [1.54, 1.807) is 0 Å². The molecule has 2 rings (SSSR count). The highest BCUT2D eigenvalue weighted by Gasteiger charge is 2.57. The molecule has 1 saturated heterocycles. The zero-order valence-electron chi connectivity index (χ0n) is 12.2. The van der Waals surface area contributed by atoms with Gasteiger partial charge >= 0.3 is 7.12 Å². The van der Waals surface area contributed by atoms with Crippen LogP contribution in [0.4, 0.5) is 0 Å². The van der Waals surface area contributed by atoms with Crippen LogP contribution in [0.25, 0.3) is 0 Å². The maximum Gasteiger partial charge on any atom is 0.479 e. The molecule has 20 heavy (non-hydrogen) atoms. The fourth-order valence-corrected chi connectivity index (χ4v) is 2.52. The third-order valence-corrected chi connectivity index (χ3v) is 5.08. The molecule has 0 saturated carbocycles. The van der Waals surface area contributed by atoms with Crippen molar-refractivity contribution in [3.63, 3.8) is 0 Å². The lowest BCUT2D eigenvalue weighted by molar-refractivity contribution is 0.00578. The van der Waals surface area contributed by atoms with Gasteiger partial charge in [0.25, 0.3) is 0 Å². The van der Waals surface area contributed by atoms with Gasteiger partial charge in [0.1, 0.15) is 0 Å². The Morgan fingerprint density at radius 1 is 1.05 bits per heavy atom. The molecule has 0 spiro atoms. The van der Waals surface area contributed by atoms with Crippen molar-refractivity contribution in [2.45, 2.75) is 49.2 Å². The van der Waals surface area contributed by atoms with E-state index < -0.39 is 28.6 Å². The van der Waals surface area contributed by atoms with Gasteiger partial charge in [-0.2, -0.15) is 0 Å². The molecule has 1 fully saturated rings. The summed E-state index contributed by atoms with van der Waals surface area (Å²) in [4.78, 5) is 0. The monoisotopic (exact) mass is 315 g/mol. The van der Waals surface area contributed by atoms with Gasteiger partial charge in [-0.15, -0.1) is 0 Å². The van der Waals surface area contributed by atoms with Gasteiger partial charge in [-0.3, -0.25) is 0 Å². The Hall–Kier alpha value is -0.255. The Bertz CT molecular complexity index is 463. The lowest BCUT2D eigenvalue weighted by atomic mass is 9.75. The Balaban J connectivity index is 2.23. The molecule has 6 heteroatoms. The SMILES string of the molecule is CC1(C)OB([C@@H](N)C(Cl)(Cl)c2ccccc2)OC1(C)C. The topological polar surface area (TPSA) is 44.5 Å². The molecule has 2 N–H and O–H groups in total. The second kappa shape index (κ2) is 5.18. The third kappa shape index (κ3) is 2.72. The number of hydrogen-bond donors (Lipinski definition) is 1. The van der Waals surface area contributed by atoms with Crippen molar-refractivity contribution in [3.8, 4) is 0 Å². The maximum atomic E-state index is 6.46. The van der Waals surface area contributed by atoms with Gasteiger partial charge in [0.05, 0.1) is 17.1 Å². The van der Waals surface area contributed by atoms with Gasteiger partial charge in [-0.1, -0.05) is 53.5 Å². The fraction of sp³-hybridized carbons (Fsp3) is 0.571. The molecule has 0 amide bonds. The Labute approximate surface area is 130 Å². The van der Waals surface area contributed by atoms with Crippen LogP contribution in [0.1, 0.15) is 33.3 Å². The summed E-state index contributed by atoms with van der Waals surface area (Å²) in [6.07, 6.45) is 0. The van der Waals surface area contributed by atoms with Gasteiger partial charge in [0.15, 0.2) is 4.33 Å². The quantitative estimate of drug-likeness (QED) is 0.687. The van der Waals surface area contributed by atoms with Crippen molar-refractivity contribution in [1.82, 2.24) is 0 Å². The standard InChI is InChI=1S/C14H20BCl2NO2/c1-12(2)13(3,4)20-15(19-12)11(18)14(16,17)10-8-6-5-7-9-10/h5-9,11H,18H2,1-4H3/t11-/m0/s1. The first-order chi connectivity index (χ1) is 9.08. The van der Waals surface area contributed by atoms with E-state index in [1.165, 1.54) is 0 Å². The second-order valence-electron chi connectivity index (χ2n) is 6.14. The summed E-state index contributed by atoms with van der Waals surface area (Å²) in [5.41, 5.74) is 6.02. The van der Waals surface area contributed by atoms with Gasteiger partial charge < -0.3 is 15.0 Å². The van der Waals surface area contributed by atoms with Crippen molar-refractivity contribution in [2.24, 2.45) is 5.73 Å². The van der Waals surface area contributed by atoms with Gasteiger partial charge in [0, 0.05) is 0 Å². The van der Waals surface area contributed by atoms with Gasteiger partial charge in [-0.25, -0.2) is 0 Å². The average Bonchev–Trinajstić information content (AvgIpc) is 2.58. The molecule has 0 unspecified atom stereocenters. The third-order valence-electron chi connectivity index (χ3n) is 4.14. The molecular weight excluding hydrogens is 296 g/mol. The highest BCUT2D eigenvalue weighted by atomic mass is 35.5. The molecule has 0 radical (unpaired) electrons. The fourth-order valence-electron chi connectivity index (χ4n) is 2.06. The highest BCUT2D eigenvalue weighted by Crippen LogP contribution is 2.43. The average molecular weight is 316 g/mol. The first-order valence-electron chi connectivity index (χ1n) is 6.62. The van der Waals surface area contributed by atoms with E-state index in [-0.39, 0.29) is 0 Å². The first kappa shape index (κ1) is 16.1. The minimum atomic E-state index is -1.28. The van der Waals surface area contributed by atoms with Crippen molar-refractivity contribution in [2.75, 3.05) is 0 Å². The molecule has 1 atom stereocenters. The van der Waals surface area contributed by atoms with E-state index in [9.17, 15) is 0 Å². The van der Waals surface area contributed by atoms with Crippen LogP contribution < -0.4 is 5.73 Å². The van der Waals surface area contributed by atoms with Crippen molar-refractivity contribution >= 4 is 30.3 Å². The first-order valence-corrected chi connectivity index (χ1v) is 7.38. The van der Waals surface area contributed by atoms with Gasteiger partial charge in [0.2, 0.25) is 0 Å². The zero-order chi connectivity index (χ0) is 15.2. The number of benzene rings is 1. The summed E-state index contributed by atoms with van der Waals surface area (Å²) < 4.78 is 10.6. The minimum absolute atomic E-state index is 0.462. The summed E-state index contributed by atoms with van der Waals surface area (Å²) in [5.74, 6) is -0.700. The molecule has 110 valence electrons. The van der Waals surface area contributed by atoms with Crippen LogP contribution in [-0.4, -0.2) is 24.3 Å². The number of alkyl halides is 2. The zero-order valence-corrected chi connectivity index (χ0v) is 13.7. The van der Waals surface area contributed by atoms with E-state index >= 15 is 0 Å². The normalized spacial score (nSPS) is 22.9. The lowest BCUT2D eigenvalue weighted by Gasteiger charge is -2.32. The molecule has 0 aliphatic carbocycles. The molecule has 0 aromatic heterocycles. The van der Waals surface area contributed by atoms with E-state index in [2.05, 4.69) is 0 Å². The Morgan fingerprint density at radius 3 is 1.95 bits per heavy atom. The maximum absolute atomic E-state index is 6.46. The summed E-state index contributed by atoms with van der Waals surface area (Å²) >= 11 is 12.9. The number of halogens is 2. The molecule has 1 aliphatic heterocycles. The molecule has 1 aromatic carbocycles.